The molecular formula is C14H18ClN3. The van der Waals surface area contributed by atoms with Crippen LogP contribution in [0.25, 0.3) is 11.2 Å². The molecular weight excluding hydrogens is 246 g/mol. The van der Waals surface area contributed by atoms with Gasteiger partial charge in [-0.1, -0.05) is 12.8 Å². The van der Waals surface area contributed by atoms with Crippen LogP contribution in [0.5, 0.6) is 0 Å². The van der Waals surface area contributed by atoms with E-state index in [2.05, 4.69) is 21.5 Å². The average molecular weight is 264 g/mol. The van der Waals surface area contributed by atoms with Gasteiger partial charge in [0, 0.05) is 11.2 Å². The maximum atomic E-state index is 6.07. The van der Waals surface area contributed by atoms with Crippen molar-refractivity contribution in [1.29, 1.82) is 0 Å². The van der Waals surface area contributed by atoms with Crippen molar-refractivity contribution in [3.8, 4) is 0 Å². The van der Waals surface area contributed by atoms with Crippen LogP contribution in [0, 0.1) is 6.92 Å². The topological polar surface area (TPSA) is 30.7 Å². The molecule has 0 atom stereocenters. The summed E-state index contributed by atoms with van der Waals surface area (Å²) in [4.78, 5) is 9.31. The molecule has 0 bridgehead atoms. The molecule has 0 spiro atoms. The lowest BCUT2D eigenvalue weighted by Gasteiger charge is -2.28. The van der Waals surface area contributed by atoms with Gasteiger partial charge >= 0.3 is 0 Å². The van der Waals surface area contributed by atoms with E-state index in [1.54, 1.807) is 0 Å². The first-order valence-electron chi connectivity index (χ1n) is 6.55. The molecule has 0 unspecified atom stereocenters. The van der Waals surface area contributed by atoms with Gasteiger partial charge in [0.05, 0.1) is 5.88 Å². The number of pyridine rings is 1. The lowest BCUT2D eigenvalue weighted by atomic mass is 10.00. The summed E-state index contributed by atoms with van der Waals surface area (Å²) >= 11 is 6.07. The Kier molecular flexibility index (Phi) is 2.81. The summed E-state index contributed by atoms with van der Waals surface area (Å²) in [6, 6.07) is 4.05. The van der Waals surface area contributed by atoms with Crippen LogP contribution < -0.4 is 0 Å². The predicted molar refractivity (Wildman–Crippen MR) is 73.9 cm³/mol. The summed E-state index contributed by atoms with van der Waals surface area (Å²) < 4.78 is 2.29. The summed E-state index contributed by atoms with van der Waals surface area (Å²) in [7, 11) is 0. The molecule has 1 saturated carbocycles. The summed E-state index contributed by atoms with van der Waals surface area (Å²) in [6.07, 6.45) is 4.95. The van der Waals surface area contributed by atoms with Gasteiger partial charge in [0.25, 0.3) is 0 Å². The van der Waals surface area contributed by atoms with Crippen molar-refractivity contribution in [2.45, 2.75) is 50.9 Å². The molecule has 3 rings (SSSR count). The standard InChI is InChI=1S/C14H18ClN3/c1-10-5-6-11-13(16-10)18(12(9-15)17-11)14(2)7-3-4-8-14/h5-6H,3-4,7-9H2,1-2H3. The Morgan fingerprint density at radius 3 is 2.67 bits per heavy atom. The zero-order chi connectivity index (χ0) is 12.8. The van der Waals surface area contributed by atoms with E-state index in [0.29, 0.717) is 5.88 Å². The van der Waals surface area contributed by atoms with Crippen LogP contribution in [0.3, 0.4) is 0 Å². The van der Waals surface area contributed by atoms with E-state index >= 15 is 0 Å². The number of nitrogens with zero attached hydrogens (tertiary/aromatic N) is 3. The van der Waals surface area contributed by atoms with Gasteiger partial charge in [-0.25, -0.2) is 9.97 Å². The Labute approximate surface area is 112 Å². The highest BCUT2D eigenvalue weighted by Gasteiger charge is 2.34. The van der Waals surface area contributed by atoms with Crippen molar-refractivity contribution in [3.05, 3.63) is 23.7 Å². The highest BCUT2D eigenvalue weighted by atomic mass is 35.5. The van der Waals surface area contributed by atoms with E-state index in [0.717, 1.165) is 22.7 Å². The number of hydrogen-bond acceptors (Lipinski definition) is 2. The Morgan fingerprint density at radius 1 is 1.28 bits per heavy atom. The number of aryl methyl sites for hydroxylation is 1. The Bertz CT molecular complexity index is 582. The molecule has 0 radical (unpaired) electrons. The van der Waals surface area contributed by atoms with E-state index in [4.69, 9.17) is 11.6 Å². The quantitative estimate of drug-likeness (QED) is 0.773. The second-order valence-electron chi connectivity index (χ2n) is 5.50. The van der Waals surface area contributed by atoms with Crippen LogP contribution in [0.4, 0.5) is 0 Å². The second-order valence-corrected chi connectivity index (χ2v) is 5.76. The highest BCUT2D eigenvalue weighted by molar-refractivity contribution is 6.16. The normalized spacial score (nSPS) is 18.6. The van der Waals surface area contributed by atoms with Crippen molar-refractivity contribution < 1.29 is 0 Å². The zero-order valence-corrected chi connectivity index (χ0v) is 11.7. The first kappa shape index (κ1) is 12.0. The minimum Gasteiger partial charge on any atom is -0.306 e. The minimum absolute atomic E-state index is 0.139. The number of imidazole rings is 1. The van der Waals surface area contributed by atoms with Crippen LogP contribution in [-0.2, 0) is 11.4 Å². The maximum absolute atomic E-state index is 6.07. The van der Waals surface area contributed by atoms with Gasteiger partial charge in [-0.05, 0) is 38.8 Å². The third kappa shape index (κ3) is 1.72. The molecule has 1 aliphatic carbocycles. The number of hydrogen-bond donors (Lipinski definition) is 0. The molecule has 1 fully saturated rings. The Hall–Kier alpha value is -1.09. The molecule has 4 heteroatoms. The first-order chi connectivity index (χ1) is 8.64. The van der Waals surface area contributed by atoms with E-state index in [1.165, 1.54) is 25.7 Å². The fraction of sp³-hybridized carbons (Fsp3) is 0.571. The third-order valence-corrected chi connectivity index (χ3v) is 4.29. The van der Waals surface area contributed by atoms with E-state index < -0.39 is 0 Å². The van der Waals surface area contributed by atoms with E-state index in [-0.39, 0.29) is 5.54 Å². The van der Waals surface area contributed by atoms with Crippen molar-refractivity contribution in [3.63, 3.8) is 0 Å². The molecule has 2 heterocycles. The largest absolute Gasteiger partial charge is 0.306 e. The molecule has 0 aromatic carbocycles. The third-order valence-electron chi connectivity index (χ3n) is 4.05. The molecule has 0 saturated heterocycles. The number of rotatable bonds is 2. The van der Waals surface area contributed by atoms with Gasteiger partial charge in [0.1, 0.15) is 11.3 Å². The Balaban J connectivity index is 2.27. The molecule has 2 aromatic rings. The zero-order valence-electron chi connectivity index (χ0n) is 10.9. The van der Waals surface area contributed by atoms with E-state index in [9.17, 15) is 0 Å². The predicted octanol–water partition coefficient (Wildman–Crippen LogP) is 3.77. The van der Waals surface area contributed by atoms with Crippen LogP contribution in [0.15, 0.2) is 12.1 Å². The molecule has 96 valence electrons. The number of alkyl halides is 1. The Morgan fingerprint density at radius 2 is 2.00 bits per heavy atom. The van der Waals surface area contributed by atoms with Gasteiger partial charge in [-0.2, -0.15) is 0 Å². The molecule has 18 heavy (non-hydrogen) atoms. The van der Waals surface area contributed by atoms with Crippen LogP contribution in [-0.4, -0.2) is 14.5 Å². The van der Waals surface area contributed by atoms with Crippen molar-refractivity contribution >= 4 is 22.8 Å². The molecule has 1 aliphatic rings. The summed E-state index contributed by atoms with van der Waals surface area (Å²) in [5.74, 6) is 1.40. The minimum atomic E-state index is 0.139. The fourth-order valence-electron chi connectivity index (χ4n) is 3.12. The SMILES string of the molecule is Cc1ccc2nc(CCl)n(C3(C)CCCC3)c2n1. The van der Waals surface area contributed by atoms with Gasteiger partial charge < -0.3 is 4.57 Å². The summed E-state index contributed by atoms with van der Waals surface area (Å²) in [6.45, 7) is 4.33. The average Bonchev–Trinajstić information content (AvgIpc) is 2.92. The molecule has 2 aromatic heterocycles. The molecule has 0 amide bonds. The van der Waals surface area contributed by atoms with E-state index in [1.807, 2.05) is 19.1 Å². The van der Waals surface area contributed by atoms with Gasteiger partial charge in [0.2, 0.25) is 0 Å². The molecule has 3 nitrogen and oxygen atoms in total. The first-order valence-corrected chi connectivity index (χ1v) is 7.09. The lowest BCUT2D eigenvalue weighted by Crippen LogP contribution is -2.28. The number of aromatic nitrogens is 3. The van der Waals surface area contributed by atoms with Gasteiger partial charge in [-0.3, -0.25) is 0 Å². The maximum Gasteiger partial charge on any atom is 0.160 e. The smallest absolute Gasteiger partial charge is 0.160 e. The summed E-state index contributed by atoms with van der Waals surface area (Å²) in [5.41, 5.74) is 3.13. The highest BCUT2D eigenvalue weighted by Crippen LogP contribution is 2.39. The summed E-state index contributed by atoms with van der Waals surface area (Å²) in [5, 5.41) is 0. The molecule has 0 N–H and O–H groups in total. The van der Waals surface area contributed by atoms with Gasteiger partial charge in [-0.15, -0.1) is 11.6 Å². The van der Waals surface area contributed by atoms with Gasteiger partial charge in [0.15, 0.2) is 5.65 Å². The van der Waals surface area contributed by atoms with Crippen molar-refractivity contribution in [2.75, 3.05) is 0 Å². The fourth-order valence-corrected chi connectivity index (χ4v) is 3.30. The number of halogens is 1. The number of fused-ring (bicyclic) bond motifs is 1. The lowest BCUT2D eigenvalue weighted by molar-refractivity contribution is 0.329. The van der Waals surface area contributed by atoms with Crippen molar-refractivity contribution in [1.82, 2.24) is 14.5 Å². The molecule has 0 aliphatic heterocycles. The van der Waals surface area contributed by atoms with Crippen LogP contribution in [0.2, 0.25) is 0 Å². The second kappa shape index (κ2) is 4.23. The van der Waals surface area contributed by atoms with Crippen molar-refractivity contribution in [2.24, 2.45) is 0 Å². The van der Waals surface area contributed by atoms with Crippen LogP contribution >= 0.6 is 11.6 Å². The van der Waals surface area contributed by atoms with Crippen LogP contribution in [0.1, 0.15) is 44.1 Å². The monoisotopic (exact) mass is 263 g/mol.